The van der Waals surface area contributed by atoms with E-state index in [2.05, 4.69) is 9.47 Å². The number of methoxy groups -OCH3 is 3. The average molecular weight is 412 g/mol. The van der Waals surface area contributed by atoms with Gasteiger partial charge in [0.1, 0.15) is 0 Å². The first-order chi connectivity index (χ1) is 13.7. The molecule has 0 aromatic heterocycles. The zero-order chi connectivity index (χ0) is 22.1. The van der Waals surface area contributed by atoms with E-state index >= 15 is 0 Å². The quantitative estimate of drug-likeness (QED) is 0.240. The van der Waals surface area contributed by atoms with Crippen LogP contribution in [0.5, 0.6) is 11.5 Å². The Balaban J connectivity index is 3.57. The van der Waals surface area contributed by atoms with Gasteiger partial charge in [-0.05, 0) is 25.1 Å². The molecule has 0 aliphatic rings. The number of nitro groups is 2. The lowest BCUT2D eigenvalue weighted by Gasteiger charge is -2.12. The molecule has 0 N–H and O–H groups in total. The lowest BCUT2D eigenvalue weighted by atomic mass is 10.0. The van der Waals surface area contributed by atoms with Gasteiger partial charge in [-0.2, -0.15) is 0 Å². The van der Waals surface area contributed by atoms with Crippen molar-refractivity contribution >= 4 is 23.7 Å². The van der Waals surface area contributed by atoms with Crippen molar-refractivity contribution in [1.82, 2.24) is 0 Å². The Morgan fingerprint density at radius 2 is 1.79 bits per heavy atom. The van der Waals surface area contributed by atoms with E-state index in [1.807, 2.05) is 0 Å². The molecule has 0 spiro atoms. The first-order valence-corrected chi connectivity index (χ1v) is 8.20. The van der Waals surface area contributed by atoms with Gasteiger partial charge in [-0.25, -0.2) is 9.59 Å². The van der Waals surface area contributed by atoms with Crippen LogP contribution in [0.2, 0.25) is 0 Å². The molecule has 158 valence electrons. The molecule has 0 aliphatic heterocycles. The minimum Gasteiger partial charge on any atom is -0.493 e. The number of carbonyl (C=O) groups is 2. The van der Waals surface area contributed by atoms with Crippen LogP contribution in [-0.4, -0.2) is 55.8 Å². The van der Waals surface area contributed by atoms with E-state index in [1.165, 1.54) is 33.3 Å². The van der Waals surface area contributed by atoms with Crippen LogP contribution in [-0.2, 0) is 19.1 Å². The highest BCUT2D eigenvalue weighted by Crippen LogP contribution is 2.40. The second-order valence-electron chi connectivity index (χ2n) is 5.41. The van der Waals surface area contributed by atoms with Gasteiger partial charge in [0, 0.05) is 10.5 Å². The molecule has 0 heterocycles. The number of esters is 2. The molecule has 0 saturated carbocycles. The van der Waals surface area contributed by atoms with Gasteiger partial charge in [0.2, 0.25) is 5.75 Å². The van der Waals surface area contributed by atoms with Crippen LogP contribution in [0.25, 0.3) is 6.08 Å². The van der Waals surface area contributed by atoms with Gasteiger partial charge in [-0.15, -0.1) is 0 Å². The third-order valence-electron chi connectivity index (χ3n) is 3.74. The summed E-state index contributed by atoms with van der Waals surface area (Å²) in [6, 6.07) is 0.746. The summed E-state index contributed by atoms with van der Waals surface area (Å²) in [5.41, 5.74) is -0.960. The molecular weight excluding hydrogens is 392 g/mol. The summed E-state index contributed by atoms with van der Waals surface area (Å²) in [4.78, 5) is 45.1. The summed E-state index contributed by atoms with van der Waals surface area (Å²) in [5, 5.41) is 22.8. The lowest BCUT2D eigenvalue weighted by Crippen LogP contribution is -2.33. The van der Waals surface area contributed by atoms with Gasteiger partial charge in [0.15, 0.2) is 5.75 Å². The molecular formula is C17H20N2O10. The molecule has 12 nitrogen and oxygen atoms in total. The maximum atomic E-state index is 12.1. The van der Waals surface area contributed by atoms with Crippen LogP contribution < -0.4 is 9.47 Å². The maximum Gasteiger partial charge on any atom is 0.382 e. The van der Waals surface area contributed by atoms with Crippen LogP contribution >= 0.6 is 0 Å². The monoisotopic (exact) mass is 412 g/mol. The van der Waals surface area contributed by atoms with E-state index in [-0.39, 0.29) is 29.2 Å². The van der Waals surface area contributed by atoms with E-state index < -0.39 is 39.9 Å². The molecule has 0 bridgehead atoms. The molecule has 0 amide bonds. The zero-order valence-corrected chi connectivity index (χ0v) is 16.2. The summed E-state index contributed by atoms with van der Waals surface area (Å²) >= 11 is 0. The number of hydrogen-bond donors (Lipinski definition) is 0. The summed E-state index contributed by atoms with van der Waals surface area (Å²) in [7, 11) is 3.52. The number of benzene rings is 1. The predicted molar refractivity (Wildman–Crippen MR) is 98.2 cm³/mol. The van der Waals surface area contributed by atoms with Crippen molar-refractivity contribution in [3.63, 3.8) is 0 Å². The fraction of sp³-hybridized carbons (Fsp3) is 0.412. The highest BCUT2D eigenvalue weighted by Gasteiger charge is 2.35. The molecule has 0 radical (unpaired) electrons. The third-order valence-corrected chi connectivity index (χ3v) is 3.74. The first-order valence-electron chi connectivity index (χ1n) is 8.20. The predicted octanol–water partition coefficient (Wildman–Crippen LogP) is 1.77. The van der Waals surface area contributed by atoms with Crippen molar-refractivity contribution in [3.05, 3.63) is 43.5 Å². The minimum absolute atomic E-state index is 0.0747. The van der Waals surface area contributed by atoms with Crippen molar-refractivity contribution in [2.75, 3.05) is 27.9 Å². The Hall–Kier alpha value is -3.70. The van der Waals surface area contributed by atoms with Crippen molar-refractivity contribution in [2.45, 2.75) is 19.4 Å². The van der Waals surface area contributed by atoms with Crippen molar-refractivity contribution < 1.29 is 38.4 Å². The molecule has 0 saturated heterocycles. The van der Waals surface area contributed by atoms with Crippen LogP contribution in [0, 0.1) is 20.2 Å². The molecule has 29 heavy (non-hydrogen) atoms. The molecule has 1 atom stereocenters. The van der Waals surface area contributed by atoms with Crippen LogP contribution in [0.4, 0.5) is 5.69 Å². The summed E-state index contributed by atoms with van der Waals surface area (Å²) in [6.45, 7) is 1.38. The van der Waals surface area contributed by atoms with E-state index in [9.17, 15) is 29.8 Å². The second kappa shape index (κ2) is 10.6. The standard InChI is InChI=1S/C17H20N2O10/c1-5-29-17(21)12(18(22)23)9-11(16(20)28-4)8-10-6-7-13(26-2)15(27-3)14(10)19(24)25/h6-8,12H,5,9H2,1-4H3/b11-8+. The molecule has 0 aliphatic carbocycles. The van der Waals surface area contributed by atoms with Gasteiger partial charge in [0.25, 0.3) is 0 Å². The number of rotatable bonds is 10. The van der Waals surface area contributed by atoms with Crippen LogP contribution in [0.15, 0.2) is 17.7 Å². The SMILES string of the molecule is CCOC(=O)C(C/C(=C\c1ccc(OC)c(OC)c1[N+](=O)[O-])C(=O)OC)[N+](=O)[O-]. The van der Waals surface area contributed by atoms with Gasteiger partial charge in [-0.1, -0.05) is 0 Å². The summed E-state index contributed by atoms with van der Waals surface area (Å²) < 4.78 is 19.3. The maximum absolute atomic E-state index is 12.1. The average Bonchev–Trinajstić information content (AvgIpc) is 2.69. The summed E-state index contributed by atoms with van der Waals surface area (Å²) in [5.74, 6) is -2.27. The van der Waals surface area contributed by atoms with Crippen molar-refractivity contribution in [1.29, 1.82) is 0 Å². The highest BCUT2D eigenvalue weighted by molar-refractivity contribution is 5.95. The smallest absolute Gasteiger partial charge is 0.382 e. The second-order valence-corrected chi connectivity index (χ2v) is 5.41. The van der Waals surface area contributed by atoms with Crippen molar-refractivity contribution in [2.24, 2.45) is 0 Å². The van der Waals surface area contributed by atoms with E-state index in [4.69, 9.17) is 9.47 Å². The molecule has 0 fully saturated rings. The van der Waals surface area contributed by atoms with Crippen LogP contribution in [0.3, 0.4) is 0 Å². The van der Waals surface area contributed by atoms with Gasteiger partial charge in [0.05, 0.1) is 44.8 Å². The largest absolute Gasteiger partial charge is 0.493 e. The van der Waals surface area contributed by atoms with Gasteiger partial charge >= 0.3 is 23.7 Å². The Labute approximate surface area is 165 Å². The highest BCUT2D eigenvalue weighted by atomic mass is 16.6. The fourth-order valence-electron chi connectivity index (χ4n) is 2.44. The zero-order valence-electron chi connectivity index (χ0n) is 16.2. The number of nitrogens with zero attached hydrogens (tertiary/aromatic N) is 2. The topological polar surface area (TPSA) is 157 Å². The van der Waals surface area contributed by atoms with E-state index in [0.29, 0.717) is 0 Å². The van der Waals surface area contributed by atoms with Crippen molar-refractivity contribution in [3.8, 4) is 11.5 Å². The van der Waals surface area contributed by atoms with E-state index in [1.54, 1.807) is 0 Å². The lowest BCUT2D eigenvalue weighted by molar-refractivity contribution is -0.509. The fourth-order valence-corrected chi connectivity index (χ4v) is 2.44. The Morgan fingerprint density at radius 3 is 2.24 bits per heavy atom. The molecule has 12 heteroatoms. The molecule has 1 unspecified atom stereocenters. The number of hydrogen-bond acceptors (Lipinski definition) is 10. The minimum atomic E-state index is -1.89. The van der Waals surface area contributed by atoms with Crippen LogP contribution in [0.1, 0.15) is 18.9 Å². The summed E-state index contributed by atoms with van der Waals surface area (Å²) in [6.07, 6.45) is 0.339. The van der Waals surface area contributed by atoms with Gasteiger partial charge < -0.3 is 18.9 Å². The third kappa shape index (κ3) is 5.64. The van der Waals surface area contributed by atoms with E-state index in [0.717, 1.165) is 13.2 Å². The number of nitro benzene ring substituents is 1. The molecule has 1 aromatic rings. The first kappa shape index (κ1) is 23.3. The van der Waals surface area contributed by atoms with Gasteiger partial charge in [-0.3, -0.25) is 20.2 Å². The number of ether oxygens (including phenoxy) is 4. The normalized spacial score (nSPS) is 11.9. The Bertz CT molecular complexity index is 834. The molecule has 1 rings (SSSR count). The molecule has 1 aromatic carbocycles. The number of carbonyl (C=O) groups excluding carboxylic acids is 2. The Morgan fingerprint density at radius 1 is 1.14 bits per heavy atom. The Kier molecular flexibility index (Phi) is 8.52.